The largest absolute Gasteiger partial charge is 0.485 e. The third-order valence-electron chi connectivity index (χ3n) is 2.30. The van der Waals surface area contributed by atoms with Gasteiger partial charge in [-0.25, -0.2) is 0 Å². The van der Waals surface area contributed by atoms with Gasteiger partial charge in [0.15, 0.2) is 10.1 Å². The average molecular weight is 338 g/mol. The van der Waals surface area contributed by atoms with Crippen molar-refractivity contribution in [2.45, 2.75) is 26.7 Å². The molecule has 5 nitrogen and oxygen atoms in total. The predicted octanol–water partition coefficient (Wildman–Crippen LogP) is 2.54. The summed E-state index contributed by atoms with van der Waals surface area (Å²) in [7, 11) is 0. The van der Waals surface area contributed by atoms with Gasteiger partial charge in [0.25, 0.3) is 0 Å². The lowest BCUT2D eigenvalue weighted by molar-refractivity contribution is 0.00391. The molecule has 0 rings (SSSR count). The Hall–Kier alpha value is -0.340. The highest BCUT2D eigenvalue weighted by Crippen LogP contribution is 1.90. The number of hydrogen-bond acceptors (Lipinski definition) is 7. The van der Waals surface area contributed by atoms with Gasteiger partial charge in [-0.05, 0) is 24.4 Å². The zero-order valence-electron chi connectivity index (χ0n) is 12.9. The Balaban J connectivity index is 3.06. The minimum atomic E-state index is 0.495. The Morgan fingerprint density at radius 2 is 0.857 bits per heavy atom. The van der Waals surface area contributed by atoms with Gasteiger partial charge in [-0.15, -0.1) is 0 Å². The first kappa shape index (κ1) is 20.7. The Kier molecular flexibility index (Phi) is 15.8. The molecule has 0 atom stereocenters. The van der Waals surface area contributed by atoms with Gasteiger partial charge in [0.2, 0.25) is 0 Å². The molecule has 0 aromatic rings. The smallest absolute Gasteiger partial charge is 0.159 e. The van der Waals surface area contributed by atoms with Crippen LogP contribution in [-0.2, 0) is 23.7 Å². The molecule has 0 saturated carbocycles. The van der Waals surface area contributed by atoms with Crippen molar-refractivity contribution in [3.8, 4) is 0 Å². The van der Waals surface area contributed by atoms with Crippen molar-refractivity contribution >= 4 is 34.5 Å². The number of ether oxygens (including phenoxy) is 5. The summed E-state index contributed by atoms with van der Waals surface area (Å²) in [5.74, 6) is 0. The van der Waals surface area contributed by atoms with E-state index in [1.807, 2.05) is 13.8 Å². The molecule has 0 N–H and O–H groups in total. The summed E-state index contributed by atoms with van der Waals surface area (Å²) in [6.07, 6.45) is 1.52. The second-order valence-electron chi connectivity index (χ2n) is 3.99. The highest BCUT2D eigenvalue weighted by molar-refractivity contribution is 7.80. The molecule has 124 valence electrons. The van der Waals surface area contributed by atoms with Crippen LogP contribution in [0.3, 0.4) is 0 Å². The Morgan fingerprint density at radius 1 is 0.571 bits per heavy atom. The van der Waals surface area contributed by atoms with E-state index in [1.54, 1.807) is 0 Å². The molecule has 0 radical (unpaired) electrons. The molecule has 0 heterocycles. The number of hydrogen-bond donors (Lipinski definition) is 0. The summed E-state index contributed by atoms with van der Waals surface area (Å²) in [6.45, 7) is 8.11. The van der Waals surface area contributed by atoms with Crippen molar-refractivity contribution in [3.05, 3.63) is 0 Å². The van der Waals surface area contributed by atoms with Gasteiger partial charge in [-0.1, -0.05) is 13.8 Å². The fraction of sp³-hybridized carbons (Fsp3) is 0.857. The molecule has 0 amide bonds. The zero-order chi connectivity index (χ0) is 15.8. The van der Waals surface area contributed by atoms with Crippen LogP contribution in [0.25, 0.3) is 0 Å². The first-order chi connectivity index (χ1) is 10.2. The maximum atomic E-state index is 5.35. The molecule has 0 spiro atoms. The van der Waals surface area contributed by atoms with Crippen molar-refractivity contribution < 1.29 is 23.7 Å². The van der Waals surface area contributed by atoms with Crippen LogP contribution in [0.5, 0.6) is 0 Å². The van der Waals surface area contributed by atoms with Crippen LogP contribution >= 0.6 is 24.4 Å². The molecule has 0 aliphatic heterocycles. The normalized spacial score (nSPS) is 10.4. The first-order valence-electron chi connectivity index (χ1n) is 7.25. The predicted molar refractivity (Wildman–Crippen MR) is 90.1 cm³/mol. The Morgan fingerprint density at radius 3 is 1.14 bits per heavy atom. The summed E-state index contributed by atoms with van der Waals surface area (Å²) >= 11 is 9.85. The van der Waals surface area contributed by atoms with E-state index in [0.29, 0.717) is 63.0 Å². The topological polar surface area (TPSA) is 46.2 Å². The third kappa shape index (κ3) is 15.9. The molecule has 0 unspecified atom stereocenters. The lowest BCUT2D eigenvalue weighted by atomic mass is 10.5. The van der Waals surface area contributed by atoms with Crippen LogP contribution in [0.4, 0.5) is 0 Å². The van der Waals surface area contributed by atoms with Crippen LogP contribution < -0.4 is 0 Å². The summed E-state index contributed by atoms with van der Waals surface area (Å²) in [5, 5.41) is 1.24. The van der Waals surface area contributed by atoms with E-state index in [1.165, 1.54) is 0 Å². The van der Waals surface area contributed by atoms with Gasteiger partial charge in [-0.3, -0.25) is 0 Å². The summed E-state index contributed by atoms with van der Waals surface area (Å²) < 4.78 is 26.4. The Bertz CT molecular complexity index is 248. The van der Waals surface area contributed by atoms with Gasteiger partial charge in [0.05, 0.1) is 39.6 Å². The summed E-state index contributed by atoms with van der Waals surface area (Å²) in [4.78, 5) is 0. The molecular formula is C14H26O5S2. The van der Waals surface area contributed by atoms with E-state index in [9.17, 15) is 0 Å². The fourth-order valence-electron chi connectivity index (χ4n) is 1.17. The Labute approximate surface area is 138 Å². The highest BCUT2D eigenvalue weighted by Gasteiger charge is 1.95. The zero-order valence-corrected chi connectivity index (χ0v) is 14.6. The van der Waals surface area contributed by atoms with E-state index in [4.69, 9.17) is 48.1 Å². The van der Waals surface area contributed by atoms with E-state index < -0.39 is 0 Å². The molecule has 0 fully saturated rings. The standard InChI is InChI=1S/C14H26O5S2/c1-3-13(20)18-11-9-16-7-5-15-6-8-17-10-12-19-14(21)4-2/h3-12H2,1-2H3. The first-order valence-corrected chi connectivity index (χ1v) is 8.06. The van der Waals surface area contributed by atoms with E-state index >= 15 is 0 Å². The lowest BCUT2D eigenvalue weighted by Crippen LogP contribution is -2.14. The van der Waals surface area contributed by atoms with Gasteiger partial charge >= 0.3 is 0 Å². The van der Waals surface area contributed by atoms with Crippen molar-refractivity contribution in [1.29, 1.82) is 0 Å². The maximum Gasteiger partial charge on any atom is 0.159 e. The van der Waals surface area contributed by atoms with E-state index in [-0.39, 0.29) is 0 Å². The lowest BCUT2D eigenvalue weighted by Gasteiger charge is -2.08. The molecule has 7 heteroatoms. The van der Waals surface area contributed by atoms with Gasteiger partial charge in [-0.2, -0.15) is 0 Å². The van der Waals surface area contributed by atoms with Crippen LogP contribution in [-0.4, -0.2) is 63.0 Å². The van der Waals surface area contributed by atoms with Gasteiger partial charge < -0.3 is 23.7 Å². The molecule has 0 saturated heterocycles. The molecule has 21 heavy (non-hydrogen) atoms. The van der Waals surface area contributed by atoms with Gasteiger partial charge in [0, 0.05) is 12.8 Å². The average Bonchev–Trinajstić information content (AvgIpc) is 2.51. The number of rotatable bonds is 14. The molecule has 0 bridgehead atoms. The van der Waals surface area contributed by atoms with Gasteiger partial charge in [0.1, 0.15) is 13.2 Å². The van der Waals surface area contributed by atoms with Crippen LogP contribution in [0.2, 0.25) is 0 Å². The summed E-state index contributed by atoms with van der Waals surface area (Å²) in [6, 6.07) is 0. The van der Waals surface area contributed by atoms with Crippen molar-refractivity contribution in [1.82, 2.24) is 0 Å². The fourth-order valence-corrected chi connectivity index (χ4v) is 1.34. The molecule has 0 aromatic carbocycles. The summed E-state index contributed by atoms with van der Waals surface area (Å²) in [5.41, 5.74) is 0. The van der Waals surface area contributed by atoms with E-state index in [0.717, 1.165) is 12.8 Å². The maximum absolute atomic E-state index is 5.35. The quantitative estimate of drug-likeness (QED) is 0.356. The van der Waals surface area contributed by atoms with Crippen molar-refractivity contribution in [3.63, 3.8) is 0 Å². The van der Waals surface area contributed by atoms with Crippen molar-refractivity contribution in [2.24, 2.45) is 0 Å². The number of thiocarbonyl (C=S) groups is 2. The minimum absolute atomic E-state index is 0.495. The van der Waals surface area contributed by atoms with Crippen molar-refractivity contribution in [2.75, 3.05) is 52.9 Å². The molecule has 0 aliphatic rings. The van der Waals surface area contributed by atoms with Crippen LogP contribution in [0.15, 0.2) is 0 Å². The van der Waals surface area contributed by atoms with E-state index in [2.05, 4.69) is 0 Å². The monoisotopic (exact) mass is 338 g/mol. The molecule has 0 aromatic heterocycles. The SMILES string of the molecule is CCC(=S)OCCOCCOCCOCCOC(=S)CC. The molecule has 0 aliphatic carbocycles. The van der Waals surface area contributed by atoms with Crippen LogP contribution in [0, 0.1) is 0 Å². The third-order valence-corrected chi connectivity index (χ3v) is 3.12. The van der Waals surface area contributed by atoms with Crippen LogP contribution in [0.1, 0.15) is 26.7 Å². The minimum Gasteiger partial charge on any atom is -0.485 e. The highest BCUT2D eigenvalue weighted by atomic mass is 32.1. The second-order valence-corrected chi connectivity index (χ2v) is 4.90. The second kappa shape index (κ2) is 16.0. The molecular weight excluding hydrogens is 312 g/mol.